The topological polar surface area (TPSA) is 102 Å². The van der Waals surface area contributed by atoms with Crippen molar-refractivity contribution in [2.24, 2.45) is 0 Å². The maximum atomic E-state index is 11.2. The van der Waals surface area contributed by atoms with E-state index < -0.39 is 5.97 Å². The Labute approximate surface area is 105 Å². The fourth-order valence-corrected chi connectivity index (χ4v) is 1.36. The van der Waals surface area contributed by atoms with Crippen molar-refractivity contribution in [1.29, 1.82) is 0 Å². The summed E-state index contributed by atoms with van der Waals surface area (Å²) in [6.07, 6.45) is 0.223. The van der Waals surface area contributed by atoms with Crippen molar-refractivity contribution >= 4 is 17.6 Å². The summed E-state index contributed by atoms with van der Waals surface area (Å²) in [7, 11) is 0. The lowest BCUT2D eigenvalue weighted by molar-refractivity contribution is -0.121. The standard InChI is InChI=1S/C12H16N2O4/c1-2-14-11(15)5-6-18-8-3-4-10(13)9(7-8)12(16)17/h3-4,7H,2,5-6,13H2,1H3,(H,14,15)(H,16,17). The molecule has 6 heteroatoms. The fraction of sp³-hybridized carbons (Fsp3) is 0.333. The smallest absolute Gasteiger partial charge is 0.337 e. The van der Waals surface area contributed by atoms with Crippen LogP contribution in [0.4, 0.5) is 5.69 Å². The first-order valence-electron chi connectivity index (χ1n) is 5.57. The molecule has 0 aliphatic carbocycles. The molecule has 0 aliphatic heterocycles. The third-order valence-electron chi connectivity index (χ3n) is 2.23. The molecule has 0 aromatic heterocycles. The first-order valence-corrected chi connectivity index (χ1v) is 5.57. The molecule has 0 unspecified atom stereocenters. The minimum Gasteiger partial charge on any atom is -0.493 e. The third-order valence-corrected chi connectivity index (χ3v) is 2.23. The second-order valence-corrected chi connectivity index (χ2v) is 3.61. The Hall–Kier alpha value is -2.24. The number of anilines is 1. The summed E-state index contributed by atoms with van der Waals surface area (Å²) in [5.41, 5.74) is 5.68. The van der Waals surface area contributed by atoms with Crippen LogP contribution in [-0.4, -0.2) is 30.1 Å². The van der Waals surface area contributed by atoms with Crippen LogP contribution in [0.1, 0.15) is 23.7 Å². The average molecular weight is 252 g/mol. The van der Waals surface area contributed by atoms with Crippen molar-refractivity contribution in [3.8, 4) is 5.75 Å². The average Bonchev–Trinajstić information content (AvgIpc) is 2.31. The molecule has 0 fully saturated rings. The predicted octanol–water partition coefficient (Wildman–Crippen LogP) is 0.872. The van der Waals surface area contributed by atoms with Gasteiger partial charge >= 0.3 is 5.97 Å². The van der Waals surface area contributed by atoms with E-state index in [9.17, 15) is 9.59 Å². The molecule has 0 heterocycles. The number of amides is 1. The highest BCUT2D eigenvalue weighted by molar-refractivity contribution is 5.94. The van der Waals surface area contributed by atoms with E-state index in [1.54, 1.807) is 6.07 Å². The maximum absolute atomic E-state index is 11.2. The molecule has 1 aromatic carbocycles. The van der Waals surface area contributed by atoms with E-state index in [0.29, 0.717) is 12.3 Å². The fourth-order valence-electron chi connectivity index (χ4n) is 1.36. The normalized spacial score (nSPS) is 9.83. The number of carboxylic acids is 1. The van der Waals surface area contributed by atoms with E-state index in [-0.39, 0.29) is 30.2 Å². The van der Waals surface area contributed by atoms with Crippen LogP contribution < -0.4 is 15.8 Å². The molecular formula is C12H16N2O4. The molecule has 0 bridgehead atoms. The lowest BCUT2D eigenvalue weighted by atomic mass is 10.2. The van der Waals surface area contributed by atoms with Crippen molar-refractivity contribution < 1.29 is 19.4 Å². The Balaban J connectivity index is 2.55. The van der Waals surface area contributed by atoms with Crippen LogP contribution in [0.2, 0.25) is 0 Å². The SMILES string of the molecule is CCNC(=O)CCOc1ccc(N)c(C(=O)O)c1. The van der Waals surface area contributed by atoms with Crippen molar-refractivity contribution in [1.82, 2.24) is 5.32 Å². The molecule has 4 N–H and O–H groups in total. The zero-order valence-electron chi connectivity index (χ0n) is 10.1. The number of carboxylic acid groups (broad SMARTS) is 1. The van der Waals surface area contributed by atoms with Crippen LogP contribution in [-0.2, 0) is 4.79 Å². The third kappa shape index (κ3) is 3.97. The summed E-state index contributed by atoms with van der Waals surface area (Å²) in [5.74, 6) is -0.834. The van der Waals surface area contributed by atoms with Gasteiger partial charge in [-0.05, 0) is 25.1 Å². The summed E-state index contributed by atoms with van der Waals surface area (Å²) >= 11 is 0. The molecule has 0 saturated carbocycles. The lowest BCUT2D eigenvalue weighted by Gasteiger charge is -2.08. The zero-order valence-corrected chi connectivity index (χ0v) is 10.1. The Kier molecular flexibility index (Phi) is 4.98. The number of hydrogen-bond acceptors (Lipinski definition) is 4. The number of hydrogen-bond donors (Lipinski definition) is 3. The van der Waals surface area contributed by atoms with E-state index in [1.165, 1.54) is 12.1 Å². The van der Waals surface area contributed by atoms with Gasteiger partial charge < -0.3 is 20.9 Å². The Morgan fingerprint density at radius 1 is 1.44 bits per heavy atom. The van der Waals surface area contributed by atoms with E-state index in [1.807, 2.05) is 6.92 Å². The minimum absolute atomic E-state index is 0.00879. The first kappa shape index (κ1) is 13.8. The van der Waals surface area contributed by atoms with E-state index in [2.05, 4.69) is 5.32 Å². The maximum Gasteiger partial charge on any atom is 0.337 e. The van der Waals surface area contributed by atoms with Gasteiger partial charge in [-0.1, -0.05) is 0 Å². The summed E-state index contributed by atoms with van der Waals surface area (Å²) in [5, 5.41) is 11.5. The zero-order chi connectivity index (χ0) is 13.5. The molecule has 0 atom stereocenters. The number of ether oxygens (including phenoxy) is 1. The molecule has 0 radical (unpaired) electrons. The first-order chi connectivity index (χ1) is 8.54. The molecule has 0 saturated heterocycles. The number of carbonyl (C=O) groups is 2. The van der Waals surface area contributed by atoms with E-state index in [4.69, 9.17) is 15.6 Å². The lowest BCUT2D eigenvalue weighted by Crippen LogP contribution is -2.24. The van der Waals surface area contributed by atoms with Gasteiger partial charge in [-0.2, -0.15) is 0 Å². The van der Waals surface area contributed by atoms with Crippen molar-refractivity contribution in [2.45, 2.75) is 13.3 Å². The number of nitrogen functional groups attached to an aromatic ring is 1. The van der Waals surface area contributed by atoms with Crippen LogP contribution in [0, 0.1) is 0 Å². The number of nitrogens with two attached hydrogens (primary N) is 1. The molecular weight excluding hydrogens is 236 g/mol. The second-order valence-electron chi connectivity index (χ2n) is 3.61. The van der Waals surface area contributed by atoms with Gasteiger partial charge in [0.25, 0.3) is 0 Å². The highest BCUT2D eigenvalue weighted by Crippen LogP contribution is 2.19. The van der Waals surface area contributed by atoms with Crippen LogP contribution in [0.25, 0.3) is 0 Å². The van der Waals surface area contributed by atoms with Crippen LogP contribution >= 0.6 is 0 Å². The van der Waals surface area contributed by atoms with Crippen LogP contribution in [0.5, 0.6) is 5.75 Å². The quantitative estimate of drug-likeness (QED) is 0.652. The molecule has 1 rings (SSSR count). The number of aromatic carboxylic acids is 1. The van der Waals surface area contributed by atoms with Gasteiger partial charge in [0, 0.05) is 12.2 Å². The summed E-state index contributed by atoms with van der Waals surface area (Å²) in [4.78, 5) is 22.0. The predicted molar refractivity (Wildman–Crippen MR) is 66.6 cm³/mol. The molecule has 18 heavy (non-hydrogen) atoms. The van der Waals surface area contributed by atoms with Crippen LogP contribution in [0.15, 0.2) is 18.2 Å². The summed E-state index contributed by atoms with van der Waals surface area (Å²) in [6, 6.07) is 4.37. The molecule has 1 amide bonds. The van der Waals surface area contributed by atoms with Gasteiger partial charge in [0.2, 0.25) is 5.91 Å². The van der Waals surface area contributed by atoms with Gasteiger partial charge in [0.15, 0.2) is 0 Å². The second kappa shape index (κ2) is 6.48. The highest BCUT2D eigenvalue weighted by atomic mass is 16.5. The number of carbonyl (C=O) groups excluding carboxylic acids is 1. The van der Waals surface area contributed by atoms with Gasteiger partial charge in [-0.3, -0.25) is 4.79 Å². The minimum atomic E-state index is -1.11. The van der Waals surface area contributed by atoms with Gasteiger partial charge in [-0.25, -0.2) is 4.79 Å². The van der Waals surface area contributed by atoms with Crippen molar-refractivity contribution in [3.63, 3.8) is 0 Å². The summed E-state index contributed by atoms with van der Waals surface area (Å²) in [6.45, 7) is 2.59. The molecule has 98 valence electrons. The van der Waals surface area contributed by atoms with E-state index >= 15 is 0 Å². The molecule has 1 aromatic rings. The number of benzene rings is 1. The van der Waals surface area contributed by atoms with E-state index in [0.717, 1.165) is 0 Å². The summed E-state index contributed by atoms with van der Waals surface area (Å²) < 4.78 is 5.29. The number of nitrogens with one attached hydrogen (secondary N) is 1. The van der Waals surface area contributed by atoms with Crippen LogP contribution in [0.3, 0.4) is 0 Å². The Morgan fingerprint density at radius 2 is 2.17 bits per heavy atom. The Morgan fingerprint density at radius 3 is 2.78 bits per heavy atom. The Bertz CT molecular complexity index is 446. The van der Waals surface area contributed by atoms with Gasteiger partial charge in [0.05, 0.1) is 18.6 Å². The van der Waals surface area contributed by atoms with Gasteiger partial charge in [-0.15, -0.1) is 0 Å². The van der Waals surface area contributed by atoms with Gasteiger partial charge in [0.1, 0.15) is 5.75 Å². The monoisotopic (exact) mass is 252 g/mol. The largest absolute Gasteiger partial charge is 0.493 e. The highest BCUT2D eigenvalue weighted by Gasteiger charge is 2.09. The molecule has 0 aliphatic rings. The molecule has 6 nitrogen and oxygen atoms in total. The molecule has 0 spiro atoms. The number of rotatable bonds is 6. The van der Waals surface area contributed by atoms with Crippen molar-refractivity contribution in [2.75, 3.05) is 18.9 Å². The van der Waals surface area contributed by atoms with Crippen molar-refractivity contribution in [3.05, 3.63) is 23.8 Å².